The van der Waals surface area contributed by atoms with Crippen LogP contribution in [0.15, 0.2) is 30.7 Å². The molecule has 0 saturated carbocycles. The van der Waals surface area contributed by atoms with E-state index in [4.69, 9.17) is 33.7 Å². The first-order valence-electron chi connectivity index (χ1n) is 8.10. The Morgan fingerprint density at radius 3 is 2.44 bits per heavy atom. The van der Waals surface area contributed by atoms with Crippen molar-refractivity contribution in [1.29, 1.82) is 0 Å². The van der Waals surface area contributed by atoms with E-state index in [0.717, 1.165) is 0 Å². The minimum Gasteiger partial charge on any atom is -0.394 e. The number of anilines is 1. The molecule has 10 heteroatoms. The van der Waals surface area contributed by atoms with Gasteiger partial charge in [0.2, 0.25) is 0 Å². The van der Waals surface area contributed by atoms with Gasteiger partial charge in [-0.05, 0) is 23.8 Å². The molecular formula is C17H16Cl2N4O4. The third kappa shape index (κ3) is 3.04. The molecule has 4 atom stereocenters. The minimum absolute atomic E-state index is 0.233. The van der Waals surface area contributed by atoms with Gasteiger partial charge >= 0.3 is 0 Å². The van der Waals surface area contributed by atoms with Crippen molar-refractivity contribution in [2.45, 2.75) is 24.5 Å². The number of nitrogens with two attached hydrogens (primary N) is 1. The summed E-state index contributed by atoms with van der Waals surface area (Å²) in [5.41, 5.74) is 7.81. The van der Waals surface area contributed by atoms with Crippen molar-refractivity contribution in [3.05, 3.63) is 40.8 Å². The van der Waals surface area contributed by atoms with Crippen LogP contribution < -0.4 is 5.73 Å². The number of nitrogen functional groups attached to an aromatic ring is 1. The van der Waals surface area contributed by atoms with Gasteiger partial charge in [-0.2, -0.15) is 0 Å². The molecule has 27 heavy (non-hydrogen) atoms. The number of benzene rings is 1. The fraction of sp³-hybridized carbons (Fsp3) is 0.294. The fourth-order valence-corrected chi connectivity index (χ4v) is 3.87. The maximum Gasteiger partial charge on any atom is 0.164 e. The Morgan fingerprint density at radius 2 is 1.81 bits per heavy atom. The summed E-state index contributed by atoms with van der Waals surface area (Å²) in [6, 6.07) is 5.05. The number of hydrogen-bond donors (Lipinski definition) is 4. The Kier molecular flexibility index (Phi) is 4.71. The van der Waals surface area contributed by atoms with Crippen LogP contribution in [0, 0.1) is 0 Å². The number of aromatic nitrogens is 3. The summed E-state index contributed by atoms with van der Waals surface area (Å²) in [4.78, 5) is 8.30. The van der Waals surface area contributed by atoms with Crippen LogP contribution in [0.4, 0.5) is 5.82 Å². The van der Waals surface area contributed by atoms with Crippen molar-refractivity contribution >= 4 is 40.1 Å². The van der Waals surface area contributed by atoms with Crippen molar-refractivity contribution < 1.29 is 20.1 Å². The molecule has 8 nitrogen and oxygen atoms in total. The number of aliphatic hydroxyl groups is 3. The first-order valence-corrected chi connectivity index (χ1v) is 8.86. The molecule has 1 fully saturated rings. The van der Waals surface area contributed by atoms with Gasteiger partial charge < -0.3 is 30.4 Å². The zero-order valence-corrected chi connectivity index (χ0v) is 15.3. The summed E-state index contributed by atoms with van der Waals surface area (Å²) in [6.45, 7) is -0.429. The zero-order chi connectivity index (χ0) is 19.3. The molecule has 0 bridgehead atoms. The van der Waals surface area contributed by atoms with Gasteiger partial charge in [0, 0.05) is 21.8 Å². The topological polar surface area (TPSA) is 127 Å². The summed E-state index contributed by atoms with van der Waals surface area (Å²) < 4.78 is 7.18. The van der Waals surface area contributed by atoms with Gasteiger partial charge in [-0.15, -0.1) is 0 Å². The predicted molar refractivity (Wildman–Crippen MR) is 100 cm³/mol. The minimum atomic E-state index is -1.26. The molecular weight excluding hydrogens is 395 g/mol. The Morgan fingerprint density at radius 1 is 1.11 bits per heavy atom. The molecule has 1 aromatic carbocycles. The molecule has 1 unspecified atom stereocenters. The van der Waals surface area contributed by atoms with Crippen molar-refractivity contribution in [3.63, 3.8) is 0 Å². The molecule has 0 amide bonds. The normalized spacial score (nSPS) is 25.4. The average molecular weight is 411 g/mol. The summed E-state index contributed by atoms with van der Waals surface area (Å²) in [6.07, 6.45) is -1.39. The van der Waals surface area contributed by atoms with E-state index in [1.807, 2.05) is 0 Å². The second kappa shape index (κ2) is 6.90. The van der Waals surface area contributed by atoms with Crippen molar-refractivity contribution in [3.8, 4) is 11.1 Å². The third-order valence-corrected chi connectivity index (χ3v) is 5.04. The molecule has 3 aromatic rings. The molecule has 142 valence electrons. The van der Waals surface area contributed by atoms with Crippen LogP contribution in [0.3, 0.4) is 0 Å². The Labute approximate surface area is 163 Å². The van der Waals surface area contributed by atoms with Gasteiger partial charge in [0.1, 0.15) is 36.1 Å². The van der Waals surface area contributed by atoms with Gasteiger partial charge in [0.05, 0.1) is 12.0 Å². The van der Waals surface area contributed by atoms with E-state index in [-0.39, 0.29) is 5.82 Å². The largest absolute Gasteiger partial charge is 0.394 e. The number of aliphatic hydroxyl groups excluding tert-OH is 3. The SMILES string of the molecule is Nc1ncnc2c1c(-c1cc(Cl)cc(Cl)c1)cn2C1O[C@H](CO)[C@@H](O)[C@H]1O. The first-order chi connectivity index (χ1) is 12.9. The number of nitrogens with zero attached hydrogens (tertiary/aromatic N) is 3. The molecule has 0 radical (unpaired) electrons. The van der Waals surface area contributed by atoms with E-state index in [1.165, 1.54) is 6.33 Å². The van der Waals surface area contributed by atoms with E-state index < -0.39 is 31.1 Å². The van der Waals surface area contributed by atoms with E-state index in [0.29, 0.717) is 32.2 Å². The van der Waals surface area contributed by atoms with E-state index >= 15 is 0 Å². The molecule has 1 saturated heterocycles. The van der Waals surface area contributed by atoms with Crippen LogP contribution in [0.2, 0.25) is 10.0 Å². The summed E-state index contributed by atoms with van der Waals surface area (Å²) >= 11 is 12.3. The van der Waals surface area contributed by atoms with Crippen molar-refractivity contribution in [1.82, 2.24) is 14.5 Å². The van der Waals surface area contributed by atoms with Crippen LogP contribution in [0.25, 0.3) is 22.2 Å². The molecule has 4 rings (SSSR count). The van der Waals surface area contributed by atoms with Gasteiger partial charge in [-0.1, -0.05) is 23.2 Å². The quantitative estimate of drug-likeness (QED) is 0.516. The van der Waals surface area contributed by atoms with Crippen LogP contribution in [0.1, 0.15) is 6.23 Å². The first kappa shape index (κ1) is 18.4. The van der Waals surface area contributed by atoms with Crippen molar-refractivity contribution in [2.24, 2.45) is 0 Å². The second-order valence-corrected chi connectivity index (χ2v) is 7.17. The Bertz CT molecular complexity index is 992. The number of halogens is 2. The molecule has 2 aromatic heterocycles. The van der Waals surface area contributed by atoms with Crippen molar-refractivity contribution in [2.75, 3.05) is 12.3 Å². The highest BCUT2D eigenvalue weighted by molar-refractivity contribution is 6.35. The highest BCUT2D eigenvalue weighted by Gasteiger charge is 2.44. The predicted octanol–water partition coefficient (Wildman–Crippen LogP) is 1.60. The standard InChI is InChI=1S/C17H16Cl2N4O4/c18-8-1-7(2-9(19)3-8)10-4-23(16-12(10)15(20)21-6-22-16)17-14(26)13(25)11(5-24)27-17/h1-4,6,11,13-14,17,24-26H,5H2,(H2,20,21,22)/t11-,13-,14-,17?/m1/s1. The lowest BCUT2D eigenvalue weighted by molar-refractivity contribution is -0.0508. The van der Waals surface area contributed by atoms with Gasteiger partial charge in [0.15, 0.2) is 6.23 Å². The highest BCUT2D eigenvalue weighted by atomic mass is 35.5. The Hall–Kier alpha value is -1.94. The summed E-state index contributed by atoms with van der Waals surface area (Å²) in [5, 5.41) is 31.2. The maximum absolute atomic E-state index is 10.4. The van der Waals surface area contributed by atoms with Crippen LogP contribution in [-0.2, 0) is 4.74 Å². The fourth-order valence-electron chi connectivity index (χ4n) is 3.34. The smallest absolute Gasteiger partial charge is 0.164 e. The number of rotatable bonds is 3. The summed E-state index contributed by atoms with van der Waals surface area (Å²) in [7, 11) is 0. The monoisotopic (exact) mass is 410 g/mol. The Balaban J connectivity index is 1.92. The average Bonchev–Trinajstić information content (AvgIpc) is 3.14. The van der Waals surface area contributed by atoms with Gasteiger partial charge in [-0.3, -0.25) is 0 Å². The van der Waals surface area contributed by atoms with E-state index in [1.54, 1.807) is 29.0 Å². The van der Waals surface area contributed by atoms with Gasteiger partial charge in [0.25, 0.3) is 0 Å². The zero-order valence-electron chi connectivity index (χ0n) is 13.8. The molecule has 1 aliphatic rings. The molecule has 5 N–H and O–H groups in total. The lowest BCUT2D eigenvalue weighted by Crippen LogP contribution is -2.33. The highest BCUT2D eigenvalue weighted by Crippen LogP contribution is 2.39. The van der Waals surface area contributed by atoms with E-state index in [9.17, 15) is 15.3 Å². The second-order valence-electron chi connectivity index (χ2n) is 6.29. The maximum atomic E-state index is 10.4. The third-order valence-electron chi connectivity index (χ3n) is 4.60. The molecule has 0 aliphatic carbocycles. The number of hydrogen-bond acceptors (Lipinski definition) is 7. The molecule has 0 spiro atoms. The van der Waals surface area contributed by atoms with Crippen LogP contribution >= 0.6 is 23.2 Å². The summed E-state index contributed by atoms with van der Waals surface area (Å²) in [5.74, 6) is 0.233. The lowest BCUT2D eigenvalue weighted by Gasteiger charge is -2.17. The van der Waals surface area contributed by atoms with E-state index in [2.05, 4.69) is 9.97 Å². The number of ether oxygens (including phenoxy) is 1. The molecule has 3 heterocycles. The van der Waals surface area contributed by atoms with Crippen LogP contribution in [0.5, 0.6) is 0 Å². The lowest BCUT2D eigenvalue weighted by atomic mass is 10.1. The van der Waals surface area contributed by atoms with Gasteiger partial charge in [-0.25, -0.2) is 9.97 Å². The molecule has 1 aliphatic heterocycles. The number of fused-ring (bicyclic) bond motifs is 1. The van der Waals surface area contributed by atoms with Crippen LogP contribution in [-0.4, -0.2) is 54.8 Å².